The SMILES string of the molecule is CCCN(C)Cc1c(C)nn(C)c1NC. The Morgan fingerprint density at radius 1 is 1.47 bits per heavy atom. The van der Waals surface area contributed by atoms with Crippen molar-refractivity contribution < 1.29 is 0 Å². The maximum Gasteiger partial charge on any atom is 0.128 e. The Morgan fingerprint density at radius 2 is 2.13 bits per heavy atom. The van der Waals surface area contributed by atoms with Crippen molar-refractivity contribution in [2.24, 2.45) is 7.05 Å². The van der Waals surface area contributed by atoms with Crippen molar-refractivity contribution in [2.75, 3.05) is 26.0 Å². The lowest BCUT2D eigenvalue weighted by molar-refractivity contribution is 0.327. The van der Waals surface area contributed by atoms with E-state index in [1.165, 1.54) is 12.0 Å². The molecule has 0 atom stereocenters. The van der Waals surface area contributed by atoms with Gasteiger partial charge in [0.25, 0.3) is 0 Å². The molecule has 1 rings (SSSR count). The average molecular weight is 210 g/mol. The van der Waals surface area contributed by atoms with Crippen LogP contribution in [0.15, 0.2) is 0 Å². The van der Waals surface area contributed by atoms with Gasteiger partial charge >= 0.3 is 0 Å². The number of rotatable bonds is 5. The normalized spacial score (nSPS) is 11.1. The zero-order chi connectivity index (χ0) is 11.4. The van der Waals surface area contributed by atoms with Gasteiger partial charge in [0.15, 0.2) is 0 Å². The van der Waals surface area contributed by atoms with E-state index < -0.39 is 0 Å². The van der Waals surface area contributed by atoms with Gasteiger partial charge in [0.2, 0.25) is 0 Å². The second-order valence-electron chi connectivity index (χ2n) is 4.02. The number of hydrogen-bond donors (Lipinski definition) is 1. The van der Waals surface area contributed by atoms with Crippen LogP contribution in [0, 0.1) is 6.92 Å². The highest BCUT2D eigenvalue weighted by molar-refractivity contribution is 5.46. The van der Waals surface area contributed by atoms with Gasteiger partial charge in [0.1, 0.15) is 5.82 Å². The first-order valence-electron chi connectivity index (χ1n) is 5.48. The number of aromatic nitrogens is 2. The number of aryl methyl sites for hydroxylation is 2. The standard InChI is InChI=1S/C11H22N4/c1-6-7-14(4)8-10-9(2)13-15(5)11(10)12-3/h12H,6-8H2,1-5H3. The Morgan fingerprint density at radius 3 is 2.67 bits per heavy atom. The average Bonchev–Trinajstić information content (AvgIpc) is 2.42. The van der Waals surface area contributed by atoms with Crippen LogP contribution in [0.5, 0.6) is 0 Å². The summed E-state index contributed by atoms with van der Waals surface area (Å²) in [4.78, 5) is 2.32. The summed E-state index contributed by atoms with van der Waals surface area (Å²) in [6.07, 6.45) is 1.19. The molecule has 4 heteroatoms. The van der Waals surface area contributed by atoms with Gasteiger partial charge in [-0.1, -0.05) is 6.92 Å². The van der Waals surface area contributed by atoms with E-state index in [-0.39, 0.29) is 0 Å². The zero-order valence-corrected chi connectivity index (χ0v) is 10.5. The molecule has 0 unspecified atom stereocenters. The van der Waals surface area contributed by atoms with E-state index in [4.69, 9.17) is 0 Å². The largest absolute Gasteiger partial charge is 0.373 e. The van der Waals surface area contributed by atoms with E-state index >= 15 is 0 Å². The molecule has 0 radical (unpaired) electrons. The molecular weight excluding hydrogens is 188 g/mol. The molecule has 0 amide bonds. The molecule has 0 aliphatic carbocycles. The maximum atomic E-state index is 4.42. The highest BCUT2D eigenvalue weighted by Crippen LogP contribution is 2.19. The first kappa shape index (κ1) is 12.0. The van der Waals surface area contributed by atoms with Crippen LogP contribution < -0.4 is 5.32 Å². The molecule has 86 valence electrons. The minimum absolute atomic E-state index is 0.962. The molecule has 0 bridgehead atoms. The molecule has 1 heterocycles. The molecule has 0 saturated heterocycles. The summed E-state index contributed by atoms with van der Waals surface area (Å²) in [6, 6.07) is 0. The van der Waals surface area contributed by atoms with Crippen LogP contribution in [0.2, 0.25) is 0 Å². The van der Waals surface area contributed by atoms with Crippen molar-refractivity contribution in [1.29, 1.82) is 0 Å². The van der Waals surface area contributed by atoms with Gasteiger partial charge in [-0.05, 0) is 26.9 Å². The lowest BCUT2D eigenvalue weighted by Crippen LogP contribution is -2.19. The fraction of sp³-hybridized carbons (Fsp3) is 0.727. The molecule has 0 aliphatic rings. The monoisotopic (exact) mass is 210 g/mol. The fourth-order valence-electron chi connectivity index (χ4n) is 1.93. The minimum Gasteiger partial charge on any atom is -0.373 e. The molecule has 1 N–H and O–H groups in total. The summed E-state index contributed by atoms with van der Waals surface area (Å²) in [5, 5.41) is 7.63. The number of nitrogens with one attached hydrogen (secondary N) is 1. The third-order valence-corrected chi connectivity index (χ3v) is 2.62. The summed E-state index contributed by atoms with van der Waals surface area (Å²) in [7, 11) is 6.07. The lowest BCUT2D eigenvalue weighted by atomic mass is 10.2. The van der Waals surface area contributed by atoms with E-state index in [9.17, 15) is 0 Å². The molecule has 15 heavy (non-hydrogen) atoms. The first-order valence-corrected chi connectivity index (χ1v) is 5.48. The third-order valence-electron chi connectivity index (χ3n) is 2.62. The molecule has 1 aromatic heterocycles. The zero-order valence-electron chi connectivity index (χ0n) is 10.5. The Bertz CT molecular complexity index is 317. The van der Waals surface area contributed by atoms with E-state index in [0.717, 1.165) is 24.6 Å². The molecule has 0 aliphatic heterocycles. The van der Waals surface area contributed by atoms with E-state index in [0.29, 0.717) is 0 Å². The third kappa shape index (κ3) is 2.72. The quantitative estimate of drug-likeness (QED) is 0.801. The van der Waals surface area contributed by atoms with Crippen molar-refractivity contribution in [3.8, 4) is 0 Å². The first-order chi connectivity index (χ1) is 7.10. The van der Waals surface area contributed by atoms with Crippen molar-refractivity contribution in [2.45, 2.75) is 26.8 Å². The van der Waals surface area contributed by atoms with Crippen LogP contribution in [0.3, 0.4) is 0 Å². The summed E-state index contributed by atoms with van der Waals surface area (Å²) in [6.45, 7) is 6.35. The summed E-state index contributed by atoms with van der Waals surface area (Å²) < 4.78 is 1.91. The van der Waals surface area contributed by atoms with Crippen molar-refractivity contribution in [1.82, 2.24) is 14.7 Å². The summed E-state index contributed by atoms with van der Waals surface area (Å²) in [5.74, 6) is 1.12. The predicted octanol–water partition coefficient (Wildman–Crippen LogP) is 1.61. The van der Waals surface area contributed by atoms with Gasteiger partial charge in [-0.3, -0.25) is 4.68 Å². The molecule has 0 fully saturated rings. The number of anilines is 1. The van der Waals surface area contributed by atoms with Gasteiger partial charge < -0.3 is 10.2 Å². The van der Waals surface area contributed by atoms with Crippen molar-refractivity contribution in [3.05, 3.63) is 11.3 Å². The Balaban J connectivity index is 2.83. The number of nitrogens with zero attached hydrogens (tertiary/aromatic N) is 3. The van der Waals surface area contributed by atoms with E-state index in [1.807, 2.05) is 18.8 Å². The molecule has 0 spiro atoms. The topological polar surface area (TPSA) is 33.1 Å². The highest BCUT2D eigenvalue weighted by atomic mass is 15.3. The van der Waals surface area contributed by atoms with Crippen LogP contribution in [-0.2, 0) is 13.6 Å². The Labute approximate surface area is 92.3 Å². The molecular formula is C11H22N4. The predicted molar refractivity (Wildman–Crippen MR) is 64.1 cm³/mol. The van der Waals surface area contributed by atoms with Crippen LogP contribution in [-0.4, -0.2) is 35.3 Å². The van der Waals surface area contributed by atoms with Crippen LogP contribution in [0.25, 0.3) is 0 Å². The van der Waals surface area contributed by atoms with Crippen LogP contribution >= 0.6 is 0 Å². The Hall–Kier alpha value is -1.03. The Kier molecular flexibility index (Phi) is 4.15. The summed E-state index contributed by atoms with van der Waals surface area (Å²) >= 11 is 0. The second-order valence-corrected chi connectivity index (χ2v) is 4.02. The maximum absolute atomic E-state index is 4.42. The molecule has 4 nitrogen and oxygen atoms in total. The van der Waals surface area contributed by atoms with Gasteiger partial charge in [-0.25, -0.2) is 0 Å². The van der Waals surface area contributed by atoms with E-state index in [2.05, 4.69) is 36.2 Å². The minimum atomic E-state index is 0.962. The lowest BCUT2D eigenvalue weighted by Gasteiger charge is -2.16. The van der Waals surface area contributed by atoms with E-state index in [1.54, 1.807) is 0 Å². The van der Waals surface area contributed by atoms with Crippen molar-refractivity contribution >= 4 is 5.82 Å². The van der Waals surface area contributed by atoms with Gasteiger partial charge in [0.05, 0.1) is 5.69 Å². The van der Waals surface area contributed by atoms with Crippen molar-refractivity contribution in [3.63, 3.8) is 0 Å². The van der Waals surface area contributed by atoms with Gasteiger partial charge in [-0.15, -0.1) is 0 Å². The smallest absolute Gasteiger partial charge is 0.128 e. The summed E-state index contributed by atoms with van der Waals surface area (Å²) in [5.41, 5.74) is 2.42. The second kappa shape index (κ2) is 5.16. The van der Waals surface area contributed by atoms with Gasteiger partial charge in [-0.2, -0.15) is 5.10 Å². The number of hydrogen-bond acceptors (Lipinski definition) is 3. The van der Waals surface area contributed by atoms with Gasteiger partial charge in [0, 0.05) is 26.2 Å². The van der Waals surface area contributed by atoms with Crippen LogP contribution in [0.4, 0.5) is 5.82 Å². The van der Waals surface area contributed by atoms with Crippen LogP contribution in [0.1, 0.15) is 24.6 Å². The fourth-order valence-corrected chi connectivity index (χ4v) is 1.93. The molecule has 0 aromatic carbocycles. The molecule has 1 aromatic rings. The highest BCUT2D eigenvalue weighted by Gasteiger charge is 2.13. The molecule has 0 saturated carbocycles.